The average Bonchev–Trinajstić information content (AvgIpc) is 2.85. The van der Waals surface area contributed by atoms with Crippen LogP contribution in [0.25, 0.3) is 0 Å². The van der Waals surface area contributed by atoms with E-state index in [0.29, 0.717) is 0 Å². The minimum absolute atomic E-state index is 0.127. The van der Waals surface area contributed by atoms with Crippen molar-refractivity contribution in [3.05, 3.63) is 23.8 Å². The third-order valence-electron chi connectivity index (χ3n) is 4.28. The number of sulfonamides is 1. The molecule has 23 heavy (non-hydrogen) atoms. The number of rotatable bonds is 6. The number of benzene rings is 1. The van der Waals surface area contributed by atoms with Crippen molar-refractivity contribution >= 4 is 16.0 Å². The highest BCUT2D eigenvalue weighted by atomic mass is 32.2. The molecule has 0 aliphatic heterocycles. The fraction of sp³-hybridized carbons (Fsp3) is 0.500. The zero-order valence-corrected chi connectivity index (χ0v) is 13.6. The van der Waals surface area contributed by atoms with Crippen LogP contribution >= 0.6 is 0 Å². The summed E-state index contributed by atoms with van der Waals surface area (Å²) in [5, 5.41) is 8.96. The Morgan fingerprint density at radius 3 is 2.39 bits per heavy atom. The van der Waals surface area contributed by atoms with Crippen molar-refractivity contribution < 1.29 is 31.8 Å². The fourth-order valence-corrected chi connectivity index (χ4v) is 3.49. The van der Waals surface area contributed by atoms with Gasteiger partial charge in [0.2, 0.25) is 10.0 Å². The van der Waals surface area contributed by atoms with Crippen molar-refractivity contribution in [2.75, 3.05) is 13.7 Å². The number of aromatic carboxylic acids is 1. The van der Waals surface area contributed by atoms with Crippen LogP contribution in [-0.2, 0) is 10.0 Å². The second kappa shape index (κ2) is 5.41. The molecule has 2 rings (SSSR count). The van der Waals surface area contributed by atoms with E-state index in [1.54, 1.807) is 0 Å². The normalized spacial score (nSPS) is 21.7. The number of nitrogens with one attached hydrogen (secondary N) is 1. The highest BCUT2D eigenvalue weighted by Crippen LogP contribution is 2.65. The first-order chi connectivity index (χ1) is 10.4. The van der Waals surface area contributed by atoms with E-state index >= 15 is 0 Å². The molecule has 2 N–H and O–H groups in total. The molecule has 9 heteroatoms. The molecule has 1 saturated carbocycles. The molecule has 1 aromatic carbocycles. The molecule has 1 unspecified atom stereocenters. The van der Waals surface area contributed by atoms with Gasteiger partial charge in [-0.2, -0.15) is 0 Å². The van der Waals surface area contributed by atoms with Crippen molar-refractivity contribution in [2.24, 2.45) is 11.3 Å². The van der Waals surface area contributed by atoms with Crippen LogP contribution in [0.15, 0.2) is 23.1 Å². The largest absolute Gasteiger partial charge is 0.496 e. The molecule has 0 saturated heterocycles. The number of methoxy groups -OCH3 is 1. The topological polar surface area (TPSA) is 92.7 Å². The number of hydrogen-bond donors (Lipinski definition) is 2. The summed E-state index contributed by atoms with van der Waals surface area (Å²) >= 11 is 0. The van der Waals surface area contributed by atoms with Crippen molar-refractivity contribution in [3.8, 4) is 5.75 Å². The Hall–Kier alpha value is -1.74. The third kappa shape index (κ3) is 2.90. The van der Waals surface area contributed by atoms with Crippen LogP contribution in [0.3, 0.4) is 0 Å². The number of carboxylic acid groups (broad SMARTS) is 1. The lowest BCUT2D eigenvalue weighted by Gasteiger charge is -2.10. The lowest BCUT2D eigenvalue weighted by atomic mass is 10.1. The van der Waals surface area contributed by atoms with E-state index in [0.717, 1.165) is 18.2 Å². The number of carbonyl (C=O) groups is 1. The molecule has 1 fully saturated rings. The highest BCUT2D eigenvalue weighted by molar-refractivity contribution is 7.89. The van der Waals surface area contributed by atoms with Crippen LogP contribution in [0, 0.1) is 11.3 Å². The molecule has 0 bridgehead atoms. The summed E-state index contributed by atoms with van der Waals surface area (Å²) < 4.78 is 58.3. The summed E-state index contributed by atoms with van der Waals surface area (Å²) in [7, 11) is -2.84. The van der Waals surface area contributed by atoms with Gasteiger partial charge in [-0.3, -0.25) is 0 Å². The maximum atomic E-state index is 13.5. The van der Waals surface area contributed by atoms with E-state index in [2.05, 4.69) is 4.72 Å². The molecule has 1 aliphatic carbocycles. The van der Waals surface area contributed by atoms with E-state index in [1.807, 2.05) is 0 Å². The first kappa shape index (κ1) is 17.6. The summed E-state index contributed by atoms with van der Waals surface area (Å²) in [6.45, 7) is 2.35. The van der Waals surface area contributed by atoms with Gasteiger partial charge < -0.3 is 9.84 Å². The number of alkyl halides is 2. The molecule has 1 atom stereocenters. The minimum atomic E-state index is -4.05. The molecule has 0 aromatic heterocycles. The summed E-state index contributed by atoms with van der Waals surface area (Å²) in [5.41, 5.74) is -1.44. The summed E-state index contributed by atoms with van der Waals surface area (Å²) in [6.07, 6.45) is 0. The molecule has 0 spiro atoms. The number of carboxylic acids is 1. The average molecular weight is 349 g/mol. The number of hydrogen-bond acceptors (Lipinski definition) is 4. The predicted octanol–water partition coefficient (Wildman–Crippen LogP) is 1.96. The van der Waals surface area contributed by atoms with Gasteiger partial charge in [-0.25, -0.2) is 26.7 Å². The van der Waals surface area contributed by atoms with E-state index in [-0.39, 0.29) is 16.2 Å². The lowest BCUT2D eigenvalue weighted by Crippen LogP contribution is -2.27. The summed E-state index contributed by atoms with van der Waals surface area (Å²) in [6, 6.07) is 3.22. The molecule has 0 radical (unpaired) electrons. The SMILES string of the molecule is COc1cc(S(=O)(=O)NCC2C(C)(C)C2(F)F)ccc1C(=O)O. The minimum Gasteiger partial charge on any atom is -0.496 e. The van der Waals surface area contributed by atoms with E-state index in [1.165, 1.54) is 21.0 Å². The van der Waals surface area contributed by atoms with Gasteiger partial charge in [0.05, 0.1) is 12.0 Å². The van der Waals surface area contributed by atoms with Crippen LogP contribution in [0.5, 0.6) is 5.75 Å². The Kier molecular flexibility index (Phi) is 4.15. The van der Waals surface area contributed by atoms with Crippen molar-refractivity contribution in [3.63, 3.8) is 0 Å². The number of halogens is 2. The van der Waals surface area contributed by atoms with E-state index < -0.39 is 39.8 Å². The lowest BCUT2D eigenvalue weighted by molar-refractivity contribution is 0.0669. The molecular weight excluding hydrogens is 332 g/mol. The highest BCUT2D eigenvalue weighted by Gasteiger charge is 2.74. The van der Waals surface area contributed by atoms with Crippen molar-refractivity contribution in [1.82, 2.24) is 4.72 Å². The number of ether oxygens (including phenoxy) is 1. The maximum Gasteiger partial charge on any atom is 0.339 e. The molecule has 128 valence electrons. The van der Waals surface area contributed by atoms with Gasteiger partial charge in [0.1, 0.15) is 11.3 Å². The first-order valence-electron chi connectivity index (χ1n) is 6.74. The van der Waals surface area contributed by atoms with Gasteiger partial charge in [-0.05, 0) is 12.1 Å². The van der Waals surface area contributed by atoms with Crippen molar-refractivity contribution in [1.29, 1.82) is 0 Å². The smallest absolute Gasteiger partial charge is 0.339 e. The zero-order chi connectivity index (χ0) is 17.6. The van der Waals surface area contributed by atoms with Crippen LogP contribution in [-0.4, -0.2) is 39.1 Å². The molecule has 1 aromatic rings. The van der Waals surface area contributed by atoms with E-state index in [9.17, 15) is 22.0 Å². The Morgan fingerprint density at radius 2 is 1.96 bits per heavy atom. The molecular formula is C14H17F2NO5S. The van der Waals surface area contributed by atoms with Gasteiger partial charge in [0, 0.05) is 23.9 Å². The fourth-order valence-electron chi connectivity index (χ4n) is 2.43. The standard InChI is InChI=1S/C14H17F2NO5S/c1-13(2)11(14(13,15)16)7-17-23(20,21)8-4-5-9(12(18)19)10(6-8)22-3/h4-6,11,17H,7H2,1-3H3,(H,18,19). The Bertz CT molecular complexity index is 732. The van der Waals surface area contributed by atoms with Crippen LogP contribution < -0.4 is 9.46 Å². The van der Waals surface area contributed by atoms with E-state index in [4.69, 9.17) is 9.84 Å². The van der Waals surface area contributed by atoms with Gasteiger partial charge >= 0.3 is 5.97 Å². The second-order valence-corrected chi connectivity index (χ2v) is 7.68. The maximum absolute atomic E-state index is 13.5. The van der Waals surface area contributed by atoms with Crippen LogP contribution in [0.4, 0.5) is 8.78 Å². The molecule has 6 nitrogen and oxygen atoms in total. The Morgan fingerprint density at radius 1 is 1.39 bits per heavy atom. The van der Waals surface area contributed by atoms with Crippen molar-refractivity contribution in [2.45, 2.75) is 24.7 Å². The van der Waals surface area contributed by atoms with Gasteiger partial charge in [-0.1, -0.05) is 13.8 Å². The molecule has 1 aliphatic rings. The second-order valence-electron chi connectivity index (χ2n) is 5.92. The monoisotopic (exact) mass is 349 g/mol. The molecule has 0 amide bonds. The Labute approximate surface area is 132 Å². The van der Waals surface area contributed by atoms with Gasteiger partial charge in [0.25, 0.3) is 5.92 Å². The zero-order valence-electron chi connectivity index (χ0n) is 12.8. The predicted molar refractivity (Wildman–Crippen MR) is 77.4 cm³/mol. The third-order valence-corrected chi connectivity index (χ3v) is 5.70. The van der Waals surface area contributed by atoms with Crippen LogP contribution in [0.2, 0.25) is 0 Å². The first-order valence-corrected chi connectivity index (χ1v) is 8.22. The molecule has 0 heterocycles. The van der Waals surface area contributed by atoms with Gasteiger partial charge in [-0.15, -0.1) is 0 Å². The summed E-state index contributed by atoms with van der Waals surface area (Å²) in [5.74, 6) is -5.39. The quantitative estimate of drug-likeness (QED) is 0.819. The summed E-state index contributed by atoms with van der Waals surface area (Å²) in [4.78, 5) is 10.7. The Balaban J connectivity index is 2.19. The van der Waals surface area contributed by atoms with Gasteiger partial charge in [0.15, 0.2) is 0 Å². The van der Waals surface area contributed by atoms with Crippen LogP contribution in [0.1, 0.15) is 24.2 Å².